The van der Waals surface area contributed by atoms with Crippen LogP contribution in [0.15, 0.2) is 30.3 Å². The van der Waals surface area contributed by atoms with E-state index in [1.165, 1.54) is 16.4 Å². The van der Waals surface area contributed by atoms with E-state index in [-0.39, 0.29) is 23.1 Å². The van der Waals surface area contributed by atoms with Crippen LogP contribution < -0.4 is 5.32 Å². The van der Waals surface area contributed by atoms with Gasteiger partial charge in [-0.1, -0.05) is 12.1 Å². The number of nitrogens with one attached hydrogen (secondary N) is 2. The van der Waals surface area contributed by atoms with Gasteiger partial charge in [0, 0.05) is 24.7 Å². The van der Waals surface area contributed by atoms with Gasteiger partial charge in [0.1, 0.15) is 5.82 Å². The normalized spacial score (nSPS) is 16.5. The Balaban J connectivity index is 1.64. The highest BCUT2D eigenvalue weighted by Crippen LogP contribution is 2.28. The van der Waals surface area contributed by atoms with Crippen molar-refractivity contribution in [3.05, 3.63) is 47.5 Å². The van der Waals surface area contributed by atoms with E-state index in [1.807, 2.05) is 0 Å². The Morgan fingerprint density at radius 3 is 2.69 bits per heavy atom. The van der Waals surface area contributed by atoms with E-state index < -0.39 is 21.7 Å². The van der Waals surface area contributed by atoms with Crippen LogP contribution in [0.5, 0.6) is 0 Å². The summed E-state index contributed by atoms with van der Waals surface area (Å²) in [5.74, 6) is -0.798. The summed E-state index contributed by atoms with van der Waals surface area (Å²) in [6.45, 7) is 2.55. The summed E-state index contributed by atoms with van der Waals surface area (Å²) in [5.41, 5.74) is 1.06. The second-order valence-electron chi connectivity index (χ2n) is 6.22. The summed E-state index contributed by atoms with van der Waals surface area (Å²) in [5, 5.41) is 9.35. The molecule has 1 aromatic carbocycles. The Labute approximate surface area is 151 Å². The Morgan fingerprint density at radius 1 is 1.35 bits per heavy atom. The largest absolute Gasteiger partial charge is 0.318 e. The van der Waals surface area contributed by atoms with Crippen LogP contribution in [-0.4, -0.2) is 47.7 Å². The Bertz CT molecular complexity index is 889. The molecule has 0 unspecified atom stereocenters. The third kappa shape index (κ3) is 3.94. The molecule has 140 valence electrons. The molecule has 26 heavy (non-hydrogen) atoms. The third-order valence-electron chi connectivity index (χ3n) is 4.60. The smallest absolute Gasteiger partial charge is 0.276 e. The first-order chi connectivity index (χ1) is 12.4. The maximum absolute atomic E-state index is 13.6. The standard InChI is InChI=1S/C17H21FN4O3S/c1-2-26(24,25)22-9-7-12(8-10-22)15-11-16(21-20-15)17(23)19-14-6-4-3-5-13(14)18/h3-6,11-12H,2,7-10H2,1H3,(H,19,23)(H,20,21). The minimum absolute atomic E-state index is 0.0973. The molecule has 0 radical (unpaired) electrons. The number of para-hydroxylation sites is 1. The maximum Gasteiger partial charge on any atom is 0.276 e. The quantitative estimate of drug-likeness (QED) is 0.832. The zero-order valence-corrected chi connectivity index (χ0v) is 15.2. The van der Waals surface area contributed by atoms with Gasteiger partial charge in [0.05, 0.1) is 11.4 Å². The van der Waals surface area contributed by atoms with Gasteiger partial charge >= 0.3 is 0 Å². The molecule has 2 aromatic rings. The summed E-state index contributed by atoms with van der Waals surface area (Å²) in [4.78, 5) is 12.2. The molecule has 1 fully saturated rings. The van der Waals surface area contributed by atoms with Gasteiger partial charge in [-0.3, -0.25) is 9.89 Å². The molecule has 1 amide bonds. The zero-order chi connectivity index (χ0) is 18.7. The molecule has 1 aromatic heterocycles. The minimum atomic E-state index is -3.17. The molecule has 2 heterocycles. The van der Waals surface area contributed by atoms with E-state index in [1.54, 1.807) is 25.1 Å². The monoisotopic (exact) mass is 380 g/mol. The van der Waals surface area contributed by atoms with Crippen molar-refractivity contribution in [2.24, 2.45) is 0 Å². The van der Waals surface area contributed by atoms with Crippen LogP contribution in [0, 0.1) is 5.82 Å². The average Bonchev–Trinajstić information content (AvgIpc) is 3.14. The van der Waals surface area contributed by atoms with Gasteiger partial charge in [-0.05, 0) is 38.0 Å². The number of aromatic amines is 1. The number of sulfonamides is 1. The molecule has 7 nitrogen and oxygen atoms in total. The number of nitrogens with zero attached hydrogens (tertiary/aromatic N) is 2. The van der Waals surface area contributed by atoms with Crippen molar-refractivity contribution in [2.75, 3.05) is 24.2 Å². The lowest BCUT2D eigenvalue weighted by Gasteiger charge is -2.30. The van der Waals surface area contributed by atoms with Crippen molar-refractivity contribution in [3.8, 4) is 0 Å². The molecular weight excluding hydrogens is 359 g/mol. The second kappa shape index (κ2) is 7.55. The van der Waals surface area contributed by atoms with Gasteiger partial charge in [0.2, 0.25) is 10.0 Å². The number of H-pyrrole nitrogens is 1. The van der Waals surface area contributed by atoms with Crippen molar-refractivity contribution < 1.29 is 17.6 Å². The lowest BCUT2D eigenvalue weighted by atomic mass is 9.94. The molecule has 3 rings (SSSR count). The SMILES string of the molecule is CCS(=O)(=O)N1CCC(c2cc(C(=O)Nc3ccccc3F)n[nH]2)CC1. The molecule has 0 bridgehead atoms. The van der Waals surface area contributed by atoms with Crippen LogP contribution in [0.25, 0.3) is 0 Å². The van der Waals surface area contributed by atoms with Crippen molar-refractivity contribution in [1.29, 1.82) is 0 Å². The first-order valence-corrected chi connectivity index (χ1v) is 10.1. The van der Waals surface area contributed by atoms with Crippen LogP contribution >= 0.6 is 0 Å². The van der Waals surface area contributed by atoms with Gasteiger partial charge in [0.15, 0.2) is 5.69 Å². The predicted molar refractivity (Wildman–Crippen MR) is 95.9 cm³/mol. The molecular formula is C17H21FN4O3S. The lowest BCUT2D eigenvalue weighted by Crippen LogP contribution is -2.38. The van der Waals surface area contributed by atoms with Crippen molar-refractivity contribution in [2.45, 2.75) is 25.7 Å². The second-order valence-corrected chi connectivity index (χ2v) is 8.47. The fourth-order valence-electron chi connectivity index (χ4n) is 3.04. The van der Waals surface area contributed by atoms with E-state index in [2.05, 4.69) is 15.5 Å². The summed E-state index contributed by atoms with van der Waals surface area (Å²) in [6.07, 6.45) is 1.32. The summed E-state index contributed by atoms with van der Waals surface area (Å²) in [6, 6.07) is 7.56. The molecule has 9 heteroatoms. The number of hydrogen-bond donors (Lipinski definition) is 2. The topological polar surface area (TPSA) is 95.2 Å². The van der Waals surface area contributed by atoms with Gasteiger partial charge < -0.3 is 5.32 Å². The zero-order valence-electron chi connectivity index (χ0n) is 14.4. The number of carbonyl (C=O) groups is 1. The number of piperidine rings is 1. The fraction of sp³-hybridized carbons (Fsp3) is 0.412. The van der Waals surface area contributed by atoms with Crippen molar-refractivity contribution >= 4 is 21.6 Å². The fourth-order valence-corrected chi connectivity index (χ4v) is 4.17. The molecule has 1 aliphatic rings. The Kier molecular flexibility index (Phi) is 5.38. The molecule has 0 aliphatic carbocycles. The number of carbonyl (C=O) groups excluding carboxylic acids is 1. The van der Waals surface area contributed by atoms with Gasteiger partial charge in [-0.2, -0.15) is 5.10 Å². The number of halogens is 1. The van der Waals surface area contributed by atoms with E-state index in [4.69, 9.17) is 0 Å². The van der Waals surface area contributed by atoms with Gasteiger partial charge in [-0.25, -0.2) is 17.1 Å². The third-order valence-corrected chi connectivity index (χ3v) is 6.49. The van der Waals surface area contributed by atoms with E-state index in [0.29, 0.717) is 25.9 Å². The number of hydrogen-bond acceptors (Lipinski definition) is 4. The molecule has 2 N–H and O–H groups in total. The average molecular weight is 380 g/mol. The summed E-state index contributed by atoms with van der Waals surface area (Å²) >= 11 is 0. The van der Waals surface area contributed by atoms with Crippen LogP contribution in [0.2, 0.25) is 0 Å². The first kappa shape index (κ1) is 18.5. The first-order valence-electron chi connectivity index (χ1n) is 8.49. The lowest BCUT2D eigenvalue weighted by molar-refractivity contribution is 0.102. The van der Waals surface area contributed by atoms with Crippen molar-refractivity contribution in [1.82, 2.24) is 14.5 Å². The number of anilines is 1. The molecule has 1 saturated heterocycles. The summed E-state index contributed by atoms with van der Waals surface area (Å²) < 4.78 is 39.0. The number of amides is 1. The van der Waals surface area contributed by atoms with Crippen LogP contribution in [0.4, 0.5) is 10.1 Å². The number of benzene rings is 1. The van der Waals surface area contributed by atoms with E-state index in [0.717, 1.165) is 5.69 Å². The summed E-state index contributed by atoms with van der Waals surface area (Å²) in [7, 11) is -3.17. The number of rotatable bonds is 5. The maximum atomic E-state index is 13.6. The Morgan fingerprint density at radius 2 is 2.04 bits per heavy atom. The number of aromatic nitrogens is 2. The molecule has 0 atom stereocenters. The predicted octanol–water partition coefficient (Wildman–Crippen LogP) is 2.33. The van der Waals surface area contributed by atoms with Gasteiger partial charge in [0.25, 0.3) is 5.91 Å². The van der Waals surface area contributed by atoms with Gasteiger partial charge in [-0.15, -0.1) is 0 Å². The van der Waals surface area contributed by atoms with Crippen molar-refractivity contribution in [3.63, 3.8) is 0 Å². The van der Waals surface area contributed by atoms with Crippen LogP contribution in [0.1, 0.15) is 41.9 Å². The van der Waals surface area contributed by atoms with E-state index >= 15 is 0 Å². The minimum Gasteiger partial charge on any atom is -0.318 e. The molecule has 0 spiro atoms. The highest BCUT2D eigenvalue weighted by atomic mass is 32.2. The molecule has 1 aliphatic heterocycles. The highest BCUT2D eigenvalue weighted by molar-refractivity contribution is 7.89. The Hall–Kier alpha value is -2.26. The van der Waals surface area contributed by atoms with Crippen LogP contribution in [-0.2, 0) is 10.0 Å². The van der Waals surface area contributed by atoms with Crippen LogP contribution in [0.3, 0.4) is 0 Å². The van der Waals surface area contributed by atoms with E-state index in [9.17, 15) is 17.6 Å². The molecule has 0 saturated carbocycles. The highest BCUT2D eigenvalue weighted by Gasteiger charge is 2.28.